The monoisotopic (exact) mass is 414 g/mol. The van der Waals surface area contributed by atoms with Gasteiger partial charge in [0.1, 0.15) is 0 Å². The van der Waals surface area contributed by atoms with Gasteiger partial charge in [0.15, 0.2) is 6.61 Å². The molecular formula is C19H16F4NO5-. The normalized spacial score (nSPS) is 25.3. The molecule has 2 aliphatic carbocycles. The quantitative estimate of drug-likeness (QED) is 0.418. The summed E-state index contributed by atoms with van der Waals surface area (Å²) in [7, 11) is 0. The number of allylic oxidation sites excluding steroid dienone is 2. The van der Waals surface area contributed by atoms with Crippen molar-refractivity contribution in [3.63, 3.8) is 0 Å². The molecule has 0 aliphatic heterocycles. The summed E-state index contributed by atoms with van der Waals surface area (Å²) in [5, 5.41) is 13.3. The van der Waals surface area contributed by atoms with Crippen LogP contribution in [0.25, 0.3) is 0 Å². The zero-order chi connectivity index (χ0) is 21.3. The minimum absolute atomic E-state index is 0.0905. The lowest BCUT2D eigenvalue weighted by molar-refractivity contribution is -0.255. The zero-order valence-corrected chi connectivity index (χ0v) is 14.8. The van der Waals surface area contributed by atoms with E-state index >= 15 is 0 Å². The third-order valence-electron chi connectivity index (χ3n) is 5.15. The van der Waals surface area contributed by atoms with Gasteiger partial charge in [0, 0.05) is 5.69 Å². The smallest absolute Gasteiger partial charge is 0.340 e. The number of carboxylic acid groups (broad SMARTS) is 1. The number of rotatable bonds is 7. The molecule has 1 fully saturated rings. The lowest BCUT2D eigenvalue weighted by Crippen LogP contribution is -2.40. The first-order chi connectivity index (χ1) is 13.6. The van der Waals surface area contributed by atoms with Gasteiger partial charge in [-0.3, -0.25) is 9.59 Å². The SMILES string of the molecule is O=C([O-])c1ccc(NC(=O)[C@@H]2[C@@H](C(=O)OCC(F)(F)C(F)F)[C@H]3C=C[C@@H]2C3)cc1. The Morgan fingerprint density at radius 3 is 2.24 bits per heavy atom. The number of carboxylic acids is 1. The van der Waals surface area contributed by atoms with Crippen molar-refractivity contribution in [2.45, 2.75) is 18.8 Å². The first-order valence-electron chi connectivity index (χ1n) is 8.73. The van der Waals surface area contributed by atoms with E-state index in [-0.39, 0.29) is 17.2 Å². The fourth-order valence-corrected chi connectivity index (χ4v) is 3.74. The molecule has 1 amide bonds. The first-order valence-corrected chi connectivity index (χ1v) is 8.73. The Hall–Kier alpha value is -2.91. The number of hydrogen-bond donors (Lipinski definition) is 1. The second-order valence-corrected chi connectivity index (χ2v) is 7.02. The van der Waals surface area contributed by atoms with E-state index in [1.807, 2.05) is 0 Å². The van der Waals surface area contributed by atoms with Crippen molar-refractivity contribution in [2.75, 3.05) is 11.9 Å². The minimum Gasteiger partial charge on any atom is -0.545 e. The van der Waals surface area contributed by atoms with Gasteiger partial charge in [-0.25, -0.2) is 8.78 Å². The largest absolute Gasteiger partial charge is 0.545 e. The highest BCUT2D eigenvalue weighted by atomic mass is 19.3. The molecule has 6 nitrogen and oxygen atoms in total. The molecule has 0 aromatic heterocycles. The van der Waals surface area contributed by atoms with E-state index in [1.165, 1.54) is 24.3 Å². The van der Waals surface area contributed by atoms with Gasteiger partial charge in [0.05, 0.1) is 17.8 Å². The fraction of sp³-hybridized carbons (Fsp3) is 0.421. The van der Waals surface area contributed by atoms with E-state index in [1.54, 1.807) is 12.2 Å². The molecule has 156 valence electrons. The highest BCUT2D eigenvalue weighted by molar-refractivity contribution is 5.97. The van der Waals surface area contributed by atoms with Crippen LogP contribution in [0.5, 0.6) is 0 Å². The van der Waals surface area contributed by atoms with Crippen LogP contribution in [0.1, 0.15) is 16.8 Å². The predicted octanol–water partition coefficient (Wildman–Crippen LogP) is 1.87. The average Bonchev–Trinajstić information content (AvgIpc) is 3.28. The van der Waals surface area contributed by atoms with Crippen LogP contribution in [0.4, 0.5) is 23.2 Å². The van der Waals surface area contributed by atoms with E-state index in [2.05, 4.69) is 10.1 Å². The van der Waals surface area contributed by atoms with Gasteiger partial charge in [0.25, 0.3) is 0 Å². The first kappa shape index (κ1) is 20.8. The van der Waals surface area contributed by atoms with Crippen LogP contribution in [0.2, 0.25) is 0 Å². The molecule has 0 radical (unpaired) electrons. The van der Waals surface area contributed by atoms with Gasteiger partial charge in [-0.05, 0) is 36.0 Å². The van der Waals surface area contributed by atoms with Crippen molar-refractivity contribution < 1.29 is 41.8 Å². The van der Waals surface area contributed by atoms with Crippen LogP contribution in [0.15, 0.2) is 36.4 Å². The van der Waals surface area contributed by atoms with Crippen molar-refractivity contribution in [1.82, 2.24) is 0 Å². The average molecular weight is 414 g/mol. The predicted molar refractivity (Wildman–Crippen MR) is 89.0 cm³/mol. The third kappa shape index (κ3) is 4.25. The van der Waals surface area contributed by atoms with Gasteiger partial charge in [-0.15, -0.1) is 0 Å². The highest BCUT2D eigenvalue weighted by Crippen LogP contribution is 2.49. The van der Waals surface area contributed by atoms with Crippen molar-refractivity contribution >= 4 is 23.5 Å². The molecule has 1 aromatic carbocycles. The molecular weight excluding hydrogens is 398 g/mol. The second-order valence-electron chi connectivity index (χ2n) is 7.02. The van der Waals surface area contributed by atoms with Crippen LogP contribution in [-0.4, -0.2) is 36.8 Å². The lowest BCUT2D eigenvalue weighted by atomic mass is 9.82. The van der Waals surface area contributed by atoms with E-state index < -0.39 is 54.6 Å². The van der Waals surface area contributed by atoms with Crippen LogP contribution in [0.3, 0.4) is 0 Å². The van der Waals surface area contributed by atoms with E-state index in [9.17, 15) is 37.1 Å². The minimum atomic E-state index is -4.47. The summed E-state index contributed by atoms with van der Waals surface area (Å²) >= 11 is 0. The number of carbonyl (C=O) groups excluding carboxylic acids is 3. The number of alkyl halides is 4. The third-order valence-corrected chi connectivity index (χ3v) is 5.15. The van der Waals surface area contributed by atoms with E-state index in [0.29, 0.717) is 6.42 Å². The summed E-state index contributed by atoms with van der Waals surface area (Å²) in [5.41, 5.74) is 0.176. The Labute approximate surface area is 162 Å². The molecule has 10 heteroatoms. The van der Waals surface area contributed by atoms with Gasteiger partial charge in [-0.2, -0.15) is 8.78 Å². The number of aromatic carboxylic acids is 1. The number of anilines is 1. The molecule has 3 rings (SSSR count). The maximum Gasteiger partial charge on any atom is 0.340 e. The molecule has 1 saturated carbocycles. The number of amides is 1. The van der Waals surface area contributed by atoms with Crippen LogP contribution < -0.4 is 10.4 Å². The number of benzene rings is 1. The Morgan fingerprint density at radius 2 is 1.69 bits per heavy atom. The van der Waals surface area contributed by atoms with Gasteiger partial charge >= 0.3 is 18.3 Å². The molecule has 1 aromatic rings. The van der Waals surface area contributed by atoms with Crippen molar-refractivity contribution in [3.8, 4) is 0 Å². The van der Waals surface area contributed by atoms with Gasteiger partial charge < -0.3 is 20.0 Å². The second kappa shape index (κ2) is 7.84. The fourth-order valence-electron chi connectivity index (χ4n) is 3.74. The number of fused-ring (bicyclic) bond motifs is 2. The Morgan fingerprint density at radius 1 is 1.10 bits per heavy atom. The van der Waals surface area contributed by atoms with E-state index in [4.69, 9.17) is 0 Å². The Balaban J connectivity index is 1.69. The highest BCUT2D eigenvalue weighted by Gasteiger charge is 2.53. The summed E-state index contributed by atoms with van der Waals surface area (Å²) in [4.78, 5) is 35.8. The number of esters is 1. The van der Waals surface area contributed by atoms with Crippen LogP contribution in [-0.2, 0) is 14.3 Å². The Kier molecular flexibility index (Phi) is 5.63. The number of ether oxygens (including phenoxy) is 1. The number of nitrogens with one attached hydrogen (secondary N) is 1. The maximum atomic E-state index is 13.0. The molecule has 0 saturated heterocycles. The molecule has 0 spiro atoms. The summed E-state index contributed by atoms with van der Waals surface area (Å²) < 4.78 is 55.0. The molecule has 0 unspecified atom stereocenters. The van der Waals surface area contributed by atoms with Gasteiger partial charge in [0.2, 0.25) is 5.91 Å². The molecule has 4 atom stereocenters. The molecule has 2 aliphatic rings. The zero-order valence-electron chi connectivity index (χ0n) is 14.8. The number of hydrogen-bond acceptors (Lipinski definition) is 5. The summed E-state index contributed by atoms with van der Waals surface area (Å²) in [6, 6.07) is 5.12. The summed E-state index contributed by atoms with van der Waals surface area (Å²) in [5.74, 6) is -10.3. The standard InChI is InChI=1S/C19H17F4NO5/c20-18(21)19(22,23)8-29-17(28)14-11-2-1-10(7-11)13(14)15(25)24-12-5-3-9(4-6-12)16(26)27/h1-6,10-11,13-14,18H,7-8H2,(H,24,25)(H,26,27)/p-1/t10-,11+,13+,14+/m1/s1. The van der Waals surface area contributed by atoms with Gasteiger partial charge in [-0.1, -0.05) is 24.3 Å². The number of halogens is 4. The number of carbonyl (C=O) groups is 3. The lowest BCUT2D eigenvalue weighted by Gasteiger charge is -2.26. The Bertz CT molecular complexity index is 840. The topological polar surface area (TPSA) is 95.5 Å². The van der Waals surface area contributed by atoms with Crippen LogP contribution >= 0.6 is 0 Å². The molecule has 29 heavy (non-hydrogen) atoms. The molecule has 0 heterocycles. The van der Waals surface area contributed by atoms with Crippen molar-refractivity contribution in [3.05, 3.63) is 42.0 Å². The van der Waals surface area contributed by atoms with E-state index in [0.717, 1.165) is 0 Å². The summed E-state index contributed by atoms with van der Waals surface area (Å²) in [6.45, 7) is -1.76. The molecule has 2 bridgehead atoms. The van der Waals surface area contributed by atoms with Crippen LogP contribution in [0, 0.1) is 23.7 Å². The maximum absolute atomic E-state index is 13.0. The summed E-state index contributed by atoms with van der Waals surface area (Å²) in [6.07, 6.45) is -0.114. The molecule has 1 N–H and O–H groups in total. The van der Waals surface area contributed by atoms with Crippen molar-refractivity contribution in [2.24, 2.45) is 23.7 Å². The van der Waals surface area contributed by atoms with Crippen molar-refractivity contribution in [1.29, 1.82) is 0 Å².